The van der Waals surface area contributed by atoms with E-state index in [1.54, 1.807) is 0 Å². The average Bonchev–Trinajstić information content (AvgIpc) is 2.27. The molecule has 0 spiro atoms. The number of hydrogen-bond donors (Lipinski definition) is 1. The van der Waals surface area contributed by atoms with E-state index in [0.29, 0.717) is 6.61 Å². The Balaban J connectivity index is 2.62. The Kier molecular flexibility index (Phi) is 4.79. The van der Waals surface area contributed by atoms with Crippen LogP contribution < -0.4 is 4.74 Å². The van der Waals surface area contributed by atoms with Crippen LogP contribution >= 0.6 is 0 Å². The van der Waals surface area contributed by atoms with Crippen LogP contribution in [0, 0.1) is 0 Å². The summed E-state index contributed by atoms with van der Waals surface area (Å²) in [5, 5.41) is 8.68. The quantitative estimate of drug-likeness (QED) is 0.803. The van der Waals surface area contributed by atoms with Crippen LogP contribution in [0.1, 0.15) is 19.4 Å². The first kappa shape index (κ1) is 12.5. The predicted molar refractivity (Wildman–Crippen MR) is 59.5 cm³/mol. The molecule has 0 saturated heterocycles. The van der Waals surface area contributed by atoms with E-state index < -0.39 is 12.1 Å². The zero-order chi connectivity index (χ0) is 12.0. The third-order valence-corrected chi connectivity index (χ3v) is 2.11. The Morgan fingerprint density at radius 2 is 2.12 bits per heavy atom. The average molecular weight is 224 g/mol. The van der Waals surface area contributed by atoms with Gasteiger partial charge in [0.05, 0.1) is 13.2 Å². The fourth-order valence-electron chi connectivity index (χ4n) is 1.21. The molecule has 1 unspecified atom stereocenters. The zero-order valence-electron chi connectivity index (χ0n) is 9.47. The molecule has 0 fully saturated rings. The molecule has 88 valence electrons. The number of carboxylic acids is 1. The molecule has 1 aromatic rings. The number of hydrogen-bond acceptors (Lipinski definition) is 3. The lowest BCUT2D eigenvalue weighted by atomic mass is 10.2. The van der Waals surface area contributed by atoms with Gasteiger partial charge in [-0.05, 0) is 19.9 Å². The van der Waals surface area contributed by atoms with Gasteiger partial charge in [0.1, 0.15) is 5.75 Å². The Morgan fingerprint density at radius 3 is 2.75 bits per heavy atom. The third-order valence-electron chi connectivity index (χ3n) is 2.11. The van der Waals surface area contributed by atoms with Crippen molar-refractivity contribution in [3.05, 3.63) is 29.8 Å². The second-order valence-corrected chi connectivity index (χ2v) is 3.33. The molecule has 0 radical (unpaired) electrons. The maximum atomic E-state index is 10.6. The molecule has 0 aromatic heterocycles. The molecule has 1 rings (SSSR count). The molecule has 0 aliphatic rings. The lowest BCUT2D eigenvalue weighted by Gasteiger charge is -2.12. The molecule has 0 aliphatic heterocycles. The van der Waals surface area contributed by atoms with Gasteiger partial charge in [-0.25, -0.2) is 4.79 Å². The van der Waals surface area contributed by atoms with Crippen LogP contribution in [0.4, 0.5) is 0 Å². The number of rotatable bonds is 6. The molecule has 1 atom stereocenters. The van der Waals surface area contributed by atoms with Gasteiger partial charge in [0, 0.05) is 5.56 Å². The van der Waals surface area contributed by atoms with Gasteiger partial charge in [-0.2, -0.15) is 0 Å². The monoisotopic (exact) mass is 224 g/mol. The van der Waals surface area contributed by atoms with Crippen molar-refractivity contribution in [2.45, 2.75) is 26.6 Å². The summed E-state index contributed by atoms with van der Waals surface area (Å²) in [6.45, 7) is 4.22. The van der Waals surface area contributed by atoms with Gasteiger partial charge in [-0.1, -0.05) is 18.2 Å². The van der Waals surface area contributed by atoms with Crippen LogP contribution in [0.5, 0.6) is 5.75 Å². The van der Waals surface area contributed by atoms with Crippen molar-refractivity contribution in [2.24, 2.45) is 0 Å². The minimum atomic E-state index is -0.964. The van der Waals surface area contributed by atoms with E-state index in [-0.39, 0.29) is 6.61 Å². The second-order valence-electron chi connectivity index (χ2n) is 3.33. The highest BCUT2D eigenvalue weighted by molar-refractivity contribution is 5.71. The summed E-state index contributed by atoms with van der Waals surface area (Å²) >= 11 is 0. The van der Waals surface area contributed by atoms with Gasteiger partial charge >= 0.3 is 5.97 Å². The highest BCUT2D eigenvalue weighted by Crippen LogP contribution is 2.19. The molecule has 0 saturated carbocycles. The normalized spacial score (nSPS) is 12.1. The largest absolute Gasteiger partial charge is 0.494 e. The predicted octanol–water partition coefficient (Wildman–Crippen LogP) is 2.07. The third kappa shape index (κ3) is 3.55. The maximum Gasteiger partial charge on any atom is 0.332 e. The Morgan fingerprint density at radius 1 is 1.44 bits per heavy atom. The van der Waals surface area contributed by atoms with Crippen molar-refractivity contribution >= 4 is 5.97 Å². The number of carbonyl (C=O) groups is 1. The van der Waals surface area contributed by atoms with E-state index in [2.05, 4.69) is 0 Å². The molecule has 0 heterocycles. The van der Waals surface area contributed by atoms with Crippen LogP contribution in [0.25, 0.3) is 0 Å². The lowest BCUT2D eigenvalue weighted by Crippen LogP contribution is -2.19. The van der Waals surface area contributed by atoms with Gasteiger partial charge in [-0.15, -0.1) is 0 Å². The fraction of sp³-hybridized carbons (Fsp3) is 0.417. The Hall–Kier alpha value is -1.55. The minimum absolute atomic E-state index is 0.240. The van der Waals surface area contributed by atoms with Crippen molar-refractivity contribution in [3.8, 4) is 5.75 Å². The van der Waals surface area contributed by atoms with Crippen LogP contribution in [0.2, 0.25) is 0 Å². The number of benzene rings is 1. The molecule has 0 aliphatic carbocycles. The maximum absolute atomic E-state index is 10.6. The van der Waals surface area contributed by atoms with Crippen LogP contribution in [-0.2, 0) is 16.1 Å². The second kappa shape index (κ2) is 6.12. The number of carboxylic acid groups (broad SMARTS) is 1. The van der Waals surface area contributed by atoms with E-state index >= 15 is 0 Å². The van der Waals surface area contributed by atoms with Gasteiger partial charge in [-0.3, -0.25) is 0 Å². The molecule has 4 nitrogen and oxygen atoms in total. The standard InChI is InChI=1S/C12H16O4/c1-3-15-11-7-5-4-6-10(11)8-16-9(2)12(13)14/h4-7,9H,3,8H2,1-2H3,(H,13,14). The molecule has 0 bridgehead atoms. The first-order chi connectivity index (χ1) is 7.65. The first-order valence-corrected chi connectivity index (χ1v) is 5.20. The summed E-state index contributed by atoms with van der Waals surface area (Å²) in [7, 11) is 0. The summed E-state index contributed by atoms with van der Waals surface area (Å²) in [6.07, 6.45) is -0.810. The van der Waals surface area contributed by atoms with E-state index in [9.17, 15) is 4.79 Å². The number of aliphatic carboxylic acids is 1. The van der Waals surface area contributed by atoms with E-state index in [0.717, 1.165) is 11.3 Å². The van der Waals surface area contributed by atoms with E-state index in [1.807, 2.05) is 31.2 Å². The Bertz CT molecular complexity index is 349. The molecule has 4 heteroatoms. The molecule has 16 heavy (non-hydrogen) atoms. The smallest absolute Gasteiger partial charge is 0.332 e. The van der Waals surface area contributed by atoms with Crippen LogP contribution in [0.15, 0.2) is 24.3 Å². The van der Waals surface area contributed by atoms with Crippen molar-refractivity contribution in [3.63, 3.8) is 0 Å². The van der Waals surface area contributed by atoms with Gasteiger partial charge < -0.3 is 14.6 Å². The minimum Gasteiger partial charge on any atom is -0.494 e. The Labute approximate surface area is 94.8 Å². The van der Waals surface area contributed by atoms with Gasteiger partial charge in [0.15, 0.2) is 6.10 Å². The highest BCUT2D eigenvalue weighted by atomic mass is 16.5. The molecular weight excluding hydrogens is 208 g/mol. The molecule has 1 aromatic carbocycles. The molecule has 0 amide bonds. The fourth-order valence-corrected chi connectivity index (χ4v) is 1.21. The SMILES string of the molecule is CCOc1ccccc1COC(C)C(=O)O. The molecule has 1 N–H and O–H groups in total. The van der Waals surface area contributed by atoms with Crippen LogP contribution in [-0.4, -0.2) is 23.8 Å². The van der Waals surface area contributed by atoms with Gasteiger partial charge in [0.25, 0.3) is 0 Å². The lowest BCUT2D eigenvalue weighted by molar-refractivity contribution is -0.149. The number of ether oxygens (including phenoxy) is 2. The van der Waals surface area contributed by atoms with Crippen molar-refractivity contribution in [1.82, 2.24) is 0 Å². The van der Waals surface area contributed by atoms with E-state index in [4.69, 9.17) is 14.6 Å². The van der Waals surface area contributed by atoms with Crippen molar-refractivity contribution in [2.75, 3.05) is 6.61 Å². The summed E-state index contributed by atoms with van der Waals surface area (Å²) in [5.74, 6) is -0.225. The zero-order valence-corrected chi connectivity index (χ0v) is 9.47. The number of para-hydroxylation sites is 1. The molecular formula is C12H16O4. The summed E-state index contributed by atoms with van der Waals surface area (Å²) in [4.78, 5) is 10.6. The van der Waals surface area contributed by atoms with Crippen molar-refractivity contribution in [1.29, 1.82) is 0 Å². The topological polar surface area (TPSA) is 55.8 Å². The van der Waals surface area contributed by atoms with E-state index in [1.165, 1.54) is 6.92 Å². The van der Waals surface area contributed by atoms with Crippen LogP contribution in [0.3, 0.4) is 0 Å². The van der Waals surface area contributed by atoms with Crippen molar-refractivity contribution < 1.29 is 19.4 Å². The summed E-state index contributed by atoms with van der Waals surface area (Å²) < 4.78 is 10.6. The first-order valence-electron chi connectivity index (χ1n) is 5.20. The van der Waals surface area contributed by atoms with Gasteiger partial charge in [0.2, 0.25) is 0 Å². The summed E-state index contributed by atoms with van der Waals surface area (Å²) in [6, 6.07) is 7.44. The highest BCUT2D eigenvalue weighted by Gasteiger charge is 2.12. The summed E-state index contributed by atoms with van der Waals surface area (Å²) in [5.41, 5.74) is 0.859.